The first-order valence-electron chi connectivity index (χ1n) is 6.17. The molecule has 0 aliphatic heterocycles. The molecular weight excluding hydrogens is 218 g/mol. The maximum absolute atomic E-state index is 11.4. The summed E-state index contributed by atoms with van der Waals surface area (Å²) < 4.78 is 0. The number of carbonyl (C=O) groups is 2. The summed E-state index contributed by atoms with van der Waals surface area (Å²) in [6, 6.07) is -0.0528. The highest BCUT2D eigenvalue weighted by Gasteiger charge is 2.13. The molecule has 0 saturated carbocycles. The minimum absolute atomic E-state index is 0.0528. The standard InChI is InChI=1S/C12H23N3O2/c1-5-7-10(8-6-2)14-15-12(17)11(16)13-9(3)4/h9H,5-8H2,1-4H3,(H,13,16)(H,15,17). The Kier molecular flexibility index (Phi) is 8.01. The van der Waals surface area contributed by atoms with E-state index < -0.39 is 11.8 Å². The lowest BCUT2D eigenvalue weighted by Crippen LogP contribution is -2.41. The van der Waals surface area contributed by atoms with Crippen LogP contribution in [-0.2, 0) is 9.59 Å². The number of nitrogens with one attached hydrogen (secondary N) is 2. The number of hydrogen-bond acceptors (Lipinski definition) is 3. The van der Waals surface area contributed by atoms with Crippen LogP contribution in [0.4, 0.5) is 0 Å². The van der Waals surface area contributed by atoms with Gasteiger partial charge in [0.15, 0.2) is 0 Å². The van der Waals surface area contributed by atoms with Gasteiger partial charge >= 0.3 is 11.8 Å². The van der Waals surface area contributed by atoms with Gasteiger partial charge in [0.25, 0.3) is 0 Å². The molecule has 0 aromatic carbocycles. The van der Waals surface area contributed by atoms with E-state index in [-0.39, 0.29) is 6.04 Å². The molecule has 0 fully saturated rings. The summed E-state index contributed by atoms with van der Waals surface area (Å²) >= 11 is 0. The van der Waals surface area contributed by atoms with Crippen molar-refractivity contribution >= 4 is 17.5 Å². The molecule has 0 saturated heterocycles. The fourth-order valence-electron chi connectivity index (χ4n) is 1.32. The van der Waals surface area contributed by atoms with E-state index >= 15 is 0 Å². The van der Waals surface area contributed by atoms with Gasteiger partial charge in [0.1, 0.15) is 0 Å². The van der Waals surface area contributed by atoms with E-state index in [9.17, 15) is 9.59 Å². The molecule has 0 radical (unpaired) electrons. The van der Waals surface area contributed by atoms with Crippen molar-refractivity contribution in [2.24, 2.45) is 5.10 Å². The lowest BCUT2D eigenvalue weighted by molar-refractivity contribution is -0.139. The van der Waals surface area contributed by atoms with E-state index in [2.05, 4.69) is 29.7 Å². The third kappa shape index (κ3) is 7.49. The smallest absolute Gasteiger partial charge is 0.329 e. The van der Waals surface area contributed by atoms with Crippen molar-refractivity contribution in [3.05, 3.63) is 0 Å². The second-order valence-corrected chi connectivity index (χ2v) is 4.25. The topological polar surface area (TPSA) is 70.6 Å². The minimum atomic E-state index is -0.705. The number of rotatable bonds is 6. The van der Waals surface area contributed by atoms with Gasteiger partial charge in [-0.3, -0.25) is 9.59 Å². The third-order valence-corrected chi connectivity index (χ3v) is 2.02. The van der Waals surface area contributed by atoms with Gasteiger partial charge in [-0.1, -0.05) is 26.7 Å². The van der Waals surface area contributed by atoms with Crippen LogP contribution in [0.1, 0.15) is 53.4 Å². The molecule has 0 aromatic rings. The Morgan fingerprint density at radius 1 is 1.06 bits per heavy atom. The van der Waals surface area contributed by atoms with Crippen molar-refractivity contribution in [2.75, 3.05) is 0 Å². The van der Waals surface area contributed by atoms with Gasteiger partial charge in [0.2, 0.25) is 0 Å². The van der Waals surface area contributed by atoms with Crippen molar-refractivity contribution in [3.8, 4) is 0 Å². The fraction of sp³-hybridized carbons (Fsp3) is 0.750. The quantitative estimate of drug-likeness (QED) is 0.421. The molecule has 0 aliphatic rings. The number of hydrogen-bond donors (Lipinski definition) is 2. The molecule has 5 heteroatoms. The molecule has 0 unspecified atom stereocenters. The molecule has 2 N–H and O–H groups in total. The average Bonchev–Trinajstić information content (AvgIpc) is 2.25. The Hall–Kier alpha value is -1.39. The Labute approximate surface area is 103 Å². The zero-order valence-corrected chi connectivity index (χ0v) is 11.2. The maximum Gasteiger partial charge on any atom is 0.329 e. The fourth-order valence-corrected chi connectivity index (χ4v) is 1.32. The van der Waals surface area contributed by atoms with Crippen LogP contribution in [-0.4, -0.2) is 23.6 Å². The van der Waals surface area contributed by atoms with Gasteiger partial charge in [0, 0.05) is 11.8 Å². The zero-order valence-electron chi connectivity index (χ0n) is 11.2. The second-order valence-electron chi connectivity index (χ2n) is 4.25. The summed E-state index contributed by atoms with van der Waals surface area (Å²) in [7, 11) is 0. The molecule has 2 amide bonds. The zero-order chi connectivity index (χ0) is 13.3. The van der Waals surface area contributed by atoms with Gasteiger partial charge < -0.3 is 5.32 Å². The first-order valence-corrected chi connectivity index (χ1v) is 6.17. The van der Waals surface area contributed by atoms with Crippen molar-refractivity contribution in [3.63, 3.8) is 0 Å². The van der Waals surface area contributed by atoms with E-state index in [0.29, 0.717) is 0 Å². The molecule has 0 aliphatic carbocycles. The minimum Gasteiger partial charge on any atom is -0.346 e. The molecule has 0 spiro atoms. The molecule has 0 aromatic heterocycles. The third-order valence-electron chi connectivity index (χ3n) is 2.02. The SMILES string of the molecule is CCCC(CCC)=NNC(=O)C(=O)NC(C)C. The van der Waals surface area contributed by atoms with Gasteiger partial charge in [-0.15, -0.1) is 0 Å². The summed E-state index contributed by atoms with van der Waals surface area (Å²) in [4.78, 5) is 22.7. The van der Waals surface area contributed by atoms with Crippen molar-refractivity contribution < 1.29 is 9.59 Å². The Balaban J connectivity index is 4.25. The Bertz CT molecular complexity index is 277. The summed E-state index contributed by atoms with van der Waals surface area (Å²) in [5.74, 6) is -1.35. The molecule has 98 valence electrons. The highest BCUT2D eigenvalue weighted by molar-refractivity contribution is 6.35. The lowest BCUT2D eigenvalue weighted by Gasteiger charge is -2.07. The molecule has 0 bridgehead atoms. The van der Waals surface area contributed by atoms with Crippen molar-refractivity contribution in [2.45, 2.75) is 59.4 Å². The van der Waals surface area contributed by atoms with Gasteiger partial charge in [0.05, 0.1) is 0 Å². The lowest BCUT2D eigenvalue weighted by atomic mass is 10.1. The molecule has 5 nitrogen and oxygen atoms in total. The normalized spacial score (nSPS) is 9.94. The predicted molar refractivity (Wildman–Crippen MR) is 68.7 cm³/mol. The van der Waals surface area contributed by atoms with Crippen LogP contribution in [0.2, 0.25) is 0 Å². The Morgan fingerprint density at radius 2 is 1.59 bits per heavy atom. The van der Waals surface area contributed by atoms with Crippen LogP contribution >= 0.6 is 0 Å². The van der Waals surface area contributed by atoms with Crippen LogP contribution < -0.4 is 10.7 Å². The van der Waals surface area contributed by atoms with Crippen LogP contribution in [0.25, 0.3) is 0 Å². The first kappa shape index (κ1) is 15.6. The van der Waals surface area contributed by atoms with Crippen LogP contribution in [0.15, 0.2) is 5.10 Å². The molecule has 0 atom stereocenters. The largest absolute Gasteiger partial charge is 0.346 e. The molecular formula is C12H23N3O2. The van der Waals surface area contributed by atoms with Gasteiger partial charge in [-0.2, -0.15) is 5.10 Å². The predicted octanol–water partition coefficient (Wildman–Crippen LogP) is 1.58. The summed E-state index contributed by atoms with van der Waals surface area (Å²) in [6.45, 7) is 7.71. The molecule has 17 heavy (non-hydrogen) atoms. The van der Waals surface area contributed by atoms with Crippen LogP contribution in [0.3, 0.4) is 0 Å². The number of hydrazone groups is 1. The van der Waals surface area contributed by atoms with E-state index in [0.717, 1.165) is 31.4 Å². The van der Waals surface area contributed by atoms with E-state index in [1.165, 1.54) is 0 Å². The van der Waals surface area contributed by atoms with E-state index in [1.807, 2.05) is 0 Å². The molecule has 0 rings (SSSR count). The number of carbonyl (C=O) groups excluding carboxylic acids is 2. The highest BCUT2D eigenvalue weighted by Crippen LogP contribution is 1.99. The van der Waals surface area contributed by atoms with E-state index in [4.69, 9.17) is 0 Å². The summed E-state index contributed by atoms with van der Waals surface area (Å²) in [5.41, 5.74) is 3.23. The molecule has 0 heterocycles. The second kappa shape index (κ2) is 8.73. The first-order chi connectivity index (χ1) is 8.01. The summed E-state index contributed by atoms with van der Waals surface area (Å²) in [5, 5.41) is 6.50. The van der Waals surface area contributed by atoms with E-state index in [1.54, 1.807) is 13.8 Å². The van der Waals surface area contributed by atoms with Crippen molar-refractivity contribution in [1.82, 2.24) is 10.7 Å². The van der Waals surface area contributed by atoms with Crippen LogP contribution in [0.5, 0.6) is 0 Å². The monoisotopic (exact) mass is 241 g/mol. The van der Waals surface area contributed by atoms with Gasteiger partial charge in [-0.05, 0) is 26.7 Å². The van der Waals surface area contributed by atoms with Crippen LogP contribution in [0, 0.1) is 0 Å². The Morgan fingerprint density at radius 3 is 2.00 bits per heavy atom. The number of nitrogens with zero attached hydrogens (tertiary/aromatic N) is 1. The average molecular weight is 241 g/mol. The van der Waals surface area contributed by atoms with Gasteiger partial charge in [-0.25, -0.2) is 5.43 Å². The summed E-state index contributed by atoms with van der Waals surface area (Å²) in [6.07, 6.45) is 3.65. The number of amides is 2. The van der Waals surface area contributed by atoms with Crippen molar-refractivity contribution in [1.29, 1.82) is 0 Å². The maximum atomic E-state index is 11.4. The highest BCUT2D eigenvalue weighted by atomic mass is 16.2.